The number of hydrogen-bond donors (Lipinski definition) is 0. The van der Waals surface area contributed by atoms with E-state index in [1.54, 1.807) is 17.2 Å². The highest BCUT2D eigenvalue weighted by Crippen LogP contribution is 2.36. The maximum absolute atomic E-state index is 13.4. The van der Waals surface area contributed by atoms with E-state index < -0.39 is 21.8 Å². The van der Waals surface area contributed by atoms with Crippen LogP contribution in [-0.2, 0) is 17.8 Å². The number of piperidine rings is 1. The number of rotatable bonds is 3. The molecule has 6 rings (SSSR count). The number of aryl methyl sites for hydroxylation is 3. The van der Waals surface area contributed by atoms with Gasteiger partial charge >= 0.3 is 16.9 Å². The van der Waals surface area contributed by atoms with Crippen LogP contribution in [0, 0.1) is 36.8 Å². The summed E-state index contributed by atoms with van der Waals surface area (Å²) in [6, 6.07) is 4.82. The van der Waals surface area contributed by atoms with Gasteiger partial charge in [-0.2, -0.15) is 0 Å². The van der Waals surface area contributed by atoms with Crippen LogP contribution in [-0.4, -0.2) is 33.4 Å². The number of hydrogen-bond acceptors (Lipinski definition) is 7. The zero-order valence-corrected chi connectivity index (χ0v) is 20.7. The molecular formula is C27H25N3O7. The zero-order chi connectivity index (χ0) is 26.2. The number of carbonyl (C=O) groups excluding carboxylic acids is 1. The predicted molar refractivity (Wildman–Crippen MR) is 135 cm³/mol. The molecule has 2 aliphatic rings. The van der Waals surface area contributed by atoms with Gasteiger partial charge < -0.3 is 18.3 Å². The van der Waals surface area contributed by atoms with Gasteiger partial charge in [-0.15, -0.1) is 0 Å². The fraction of sp³-hybridized carbons (Fsp3) is 0.370. The first kappa shape index (κ1) is 23.2. The van der Waals surface area contributed by atoms with E-state index in [-0.39, 0.29) is 24.2 Å². The zero-order valence-electron chi connectivity index (χ0n) is 20.7. The molecule has 0 radical (unpaired) electrons. The lowest BCUT2D eigenvalue weighted by Crippen LogP contribution is -2.49. The van der Waals surface area contributed by atoms with Crippen LogP contribution in [0.1, 0.15) is 40.3 Å². The molecule has 1 amide bonds. The van der Waals surface area contributed by atoms with Crippen LogP contribution in [0.5, 0.6) is 0 Å². The van der Waals surface area contributed by atoms with E-state index in [2.05, 4.69) is 0 Å². The lowest BCUT2D eigenvalue weighted by molar-refractivity contribution is -0.386. The molecule has 2 bridgehead atoms. The van der Waals surface area contributed by atoms with Crippen LogP contribution in [0.2, 0.25) is 0 Å². The van der Waals surface area contributed by atoms with Gasteiger partial charge in [0.25, 0.3) is 0 Å². The Balaban J connectivity index is 1.32. The Hall–Kier alpha value is -4.21. The Bertz CT molecular complexity index is 1760. The second kappa shape index (κ2) is 8.16. The number of fused-ring (bicyclic) bond motifs is 6. The second-order valence-electron chi connectivity index (χ2n) is 10.3. The first-order chi connectivity index (χ1) is 17.6. The summed E-state index contributed by atoms with van der Waals surface area (Å²) in [5.41, 5.74) is 3.06. The third kappa shape index (κ3) is 3.50. The van der Waals surface area contributed by atoms with Gasteiger partial charge in [0.05, 0.1) is 23.2 Å². The molecule has 4 aromatic rings. The standard InChI is InChI=1S/C27H25N3O7/c1-13-12-36-24-15(3)25-19(7-18(13)24)14(2)20(27(33)37-25)8-23(31)28-9-16-6-17(11-28)21-4-5-22(30(34)35)26(32)29(21)10-16/h4-5,7,12,16-17H,6,8-11H2,1-3H3/t16-,17?/m0/s1. The normalized spacial score (nSPS) is 18.8. The van der Waals surface area contributed by atoms with E-state index in [0.717, 1.165) is 28.3 Å². The number of furan rings is 1. The quantitative estimate of drug-likeness (QED) is 0.237. The van der Waals surface area contributed by atoms with Gasteiger partial charge in [-0.05, 0) is 56.4 Å². The van der Waals surface area contributed by atoms with Crippen molar-refractivity contribution >= 4 is 33.5 Å². The summed E-state index contributed by atoms with van der Waals surface area (Å²) in [6.07, 6.45) is 2.39. The summed E-state index contributed by atoms with van der Waals surface area (Å²) in [5.74, 6) is -0.275. The first-order valence-electron chi connectivity index (χ1n) is 12.2. The van der Waals surface area contributed by atoms with Gasteiger partial charge in [0.1, 0.15) is 11.2 Å². The van der Waals surface area contributed by atoms with E-state index in [1.165, 1.54) is 10.6 Å². The number of benzene rings is 1. The molecular weight excluding hydrogens is 478 g/mol. The summed E-state index contributed by atoms with van der Waals surface area (Å²) in [4.78, 5) is 51.3. The predicted octanol–water partition coefficient (Wildman–Crippen LogP) is 3.72. The van der Waals surface area contributed by atoms with Crippen LogP contribution in [0.4, 0.5) is 5.69 Å². The molecule has 190 valence electrons. The van der Waals surface area contributed by atoms with Crippen molar-refractivity contribution in [3.05, 3.63) is 83.3 Å². The van der Waals surface area contributed by atoms with Crippen molar-refractivity contribution in [3.63, 3.8) is 0 Å². The Morgan fingerprint density at radius 1 is 1.08 bits per heavy atom. The van der Waals surface area contributed by atoms with Gasteiger partial charge in [0, 0.05) is 53.6 Å². The summed E-state index contributed by atoms with van der Waals surface area (Å²) >= 11 is 0. The molecule has 1 fully saturated rings. The molecule has 0 aliphatic carbocycles. The molecule has 1 aromatic carbocycles. The SMILES string of the molecule is Cc1coc2c(C)c3oc(=O)c(CC(=O)N4CC5C[C@@H](C4)Cn4c5ccc([N+](=O)[O-])c4=O)c(C)c3cc12. The summed E-state index contributed by atoms with van der Waals surface area (Å²) < 4.78 is 12.8. The lowest BCUT2D eigenvalue weighted by atomic mass is 9.83. The van der Waals surface area contributed by atoms with Crippen molar-refractivity contribution in [3.8, 4) is 0 Å². The number of likely N-dealkylation sites (tertiary alicyclic amines) is 1. The Morgan fingerprint density at radius 2 is 1.86 bits per heavy atom. The molecule has 0 spiro atoms. The molecule has 10 nitrogen and oxygen atoms in total. The van der Waals surface area contributed by atoms with Gasteiger partial charge in [-0.25, -0.2) is 4.79 Å². The summed E-state index contributed by atoms with van der Waals surface area (Å²) in [6.45, 7) is 6.78. The third-order valence-electron chi connectivity index (χ3n) is 8.00. The maximum Gasteiger partial charge on any atom is 0.340 e. The highest BCUT2D eigenvalue weighted by Gasteiger charge is 2.38. The second-order valence-corrected chi connectivity index (χ2v) is 10.3. The van der Waals surface area contributed by atoms with Crippen LogP contribution in [0.3, 0.4) is 0 Å². The van der Waals surface area contributed by atoms with Crippen LogP contribution in [0.25, 0.3) is 21.9 Å². The minimum absolute atomic E-state index is 0.00372. The van der Waals surface area contributed by atoms with Crippen LogP contribution >= 0.6 is 0 Å². The number of nitro groups is 1. The van der Waals surface area contributed by atoms with Crippen molar-refractivity contribution in [1.29, 1.82) is 0 Å². The summed E-state index contributed by atoms with van der Waals surface area (Å²) in [7, 11) is 0. The number of carbonyl (C=O) groups is 1. The van der Waals surface area contributed by atoms with Crippen molar-refractivity contribution in [1.82, 2.24) is 9.47 Å². The monoisotopic (exact) mass is 503 g/mol. The molecule has 10 heteroatoms. The smallest absolute Gasteiger partial charge is 0.340 e. The fourth-order valence-corrected chi connectivity index (χ4v) is 6.06. The average Bonchev–Trinajstić information content (AvgIpc) is 3.23. The van der Waals surface area contributed by atoms with Gasteiger partial charge in [-0.3, -0.25) is 19.7 Å². The van der Waals surface area contributed by atoms with E-state index in [0.29, 0.717) is 47.6 Å². The summed E-state index contributed by atoms with van der Waals surface area (Å²) in [5, 5.41) is 12.9. The number of pyridine rings is 1. The largest absolute Gasteiger partial charge is 0.464 e. The minimum atomic E-state index is -0.659. The maximum atomic E-state index is 13.4. The highest BCUT2D eigenvalue weighted by atomic mass is 16.6. The van der Waals surface area contributed by atoms with E-state index in [1.807, 2.05) is 26.8 Å². The lowest BCUT2D eigenvalue weighted by Gasteiger charge is -2.42. The topological polar surface area (TPSA) is 129 Å². The Kier molecular flexibility index (Phi) is 5.11. The first-order valence-corrected chi connectivity index (χ1v) is 12.2. The van der Waals surface area contributed by atoms with Crippen LogP contribution < -0.4 is 11.2 Å². The van der Waals surface area contributed by atoms with Crippen molar-refractivity contribution in [2.24, 2.45) is 5.92 Å². The number of nitrogens with zero attached hydrogens (tertiary/aromatic N) is 3. The van der Waals surface area contributed by atoms with Crippen molar-refractivity contribution in [2.75, 3.05) is 13.1 Å². The van der Waals surface area contributed by atoms with E-state index in [9.17, 15) is 24.5 Å². The van der Waals surface area contributed by atoms with Crippen molar-refractivity contribution < 1.29 is 18.6 Å². The molecule has 1 saturated heterocycles. The minimum Gasteiger partial charge on any atom is -0.464 e. The van der Waals surface area contributed by atoms with Gasteiger partial charge in [0.2, 0.25) is 5.91 Å². The average molecular weight is 504 g/mol. The molecule has 0 N–H and O–H groups in total. The molecule has 5 heterocycles. The molecule has 0 saturated carbocycles. The van der Waals surface area contributed by atoms with Crippen molar-refractivity contribution in [2.45, 2.75) is 46.1 Å². The Labute approximate surface area is 210 Å². The fourth-order valence-electron chi connectivity index (χ4n) is 6.06. The Morgan fingerprint density at radius 3 is 2.62 bits per heavy atom. The number of amides is 1. The van der Waals surface area contributed by atoms with Crippen LogP contribution in [0.15, 0.2) is 42.9 Å². The molecule has 2 aliphatic heterocycles. The molecule has 3 aromatic heterocycles. The van der Waals surface area contributed by atoms with E-state index in [4.69, 9.17) is 8.83 Å². The molecule has 2 atom stereocenters. The van der Waals surface area contributed by atoms with Gasteiger partial charge in [-0.1, -0.05) is 0 Å². The number of aromatic nitrogens is 1. The highest BCUT2D eigenvalue weighted by molar-refractivity contribution is 6.00. The third-order valence-corrected chi connectivity index (χ3v) is 8.00. The molecule has 37 heavy (non-hydrogen) atoms. The molecule has 1 unspecified atom stereocenters. The van der Waals surface area contributed by atoms with E-state index >= 15 is 0 Å². The van der Waals surface area contributed by atoms with Gasteiger partial charge in [0.15, 0.2) is 0 Å².